The predicted molar refractivity (Wildman–Crippen MR) is 44.1 cm³/mol. The average molecular weight is 168 g/mol. The maximum atomic E-state index is 11.2. The van der Waals surface area contributed by atoms with Crippen LogP contribution >= 0.6 is 0 Å². The monoisotopic (exact) mass is 168 g/mol. The van der Waals surface area contributed by atoms with E-state index in [9.17, 15) is 9.59 Å². The van der Waals surface area contributed by atoms with Crippen LogP contribution in [0.2, 0.25) is 0 Å². The third-order valence-corrected chi connectivity index (χ3v) is 1.77. The Balaban J connectivity index is 2.58. The lowest BCUT2D eigenvalue weighted by Gasteiger charge is -2.12. The van der Waals surface area contributed by atoms with E-state index >= 15 is 0 Å². The van der Waals surface area contributed by atoms with Gasteiger partial charge in [-0.25, -0.2) is 0 Å². The average Bonchev–Trinajstić information content (AvgIpc) is 2.25. The minimum atomic E-state index is -0.217. The topological polar surface area (TPSA) is 63.4 Å². The van der Waals surface area contributed by atoms with Crippen LogP contribution in [0.4, 0.5) is 0 Å². The van der Waals surface area contributed by atoms with Crippen LogP contribution in [-0.4, -0.2) is 29.8 Å². The molecule has 1 rings (SSSR count). The molecule has 0 saturated carbocycles. The third kappa shape index (κ3) is 1.53. The van der Waals surface area contributed by atoms with Gasteiger partial charge in [-0.15, -0.1) is 0 Å². The molecule has 0 aromatic heterocycles. The van der Waals surface area contributed by atoms with Gasteiger partial charge in [-0.2, -0.15) is 0 Å². The fraction of sp³-hybridized carbons (Fsp3) is 0.500. The van der Waals surface area contributed by atoms with Crippen molar-refractivity contribution in [2.24, 2.45) is 5.73 Å². The summed E-state index contributed by atoms with van der Waals surface area (Å²) in [6.07, 6.45) is 2.03. The first-order valence-electron chi connectivity index (χ1n) is 3.91. The first-order chi connectivity index (χ1) is 5.66. The van der Waals surface area contributed by atoms with Gasteiger partial charge in [-0.05, 0) is 19.9 Å². The number of amides is 2. The Bertz CT molecular complexity index is 245. The second kappa shape index (κ2) is 3.49. The molecule has 4 nitrogen and oxygen atoms in total. The lowest BCUT2D eigenvalue weighted by atomic mass is 10.3. The molecule has 0 fully saturated rings. The fourth-order valence-electron chi connectivity index (χ4n) is 1.10. The summed E-state index contributed by atoms with van der Waals surface area (Å²) in [5.74, 6) is -0.403. The van der Waals surface area contributed by atoms with Crippen molar-refractivity contribution >= 4 is 11.8 Å². The van der Waals surface area contributed by atoms with E-state index in [2.05, 4.69) is 0 Å². The number of carbonyl (C=O) groups excluding carboxylic acids is 2. The van der Waals surface area contributed by atoms with E-state index < -0.39 is 0 Å². The minimum Gasteiger partial charge on any atom is -0.330 e. The molecule has 1 heterocycles. The summed E-state index contributed by atoms with van der Waals surface area (Å²) in [5.41, 5.74) is 5.78. The van der Waals surface area contributed by atoms with Gasteiger partial charge in [0.2, 0.25) is 0 Å². The molecule has 0 bridgehead atoms. The van der Waals surface area contributed by atoms with Crippen molar-refractivity contribution < 1.29 is 9.59 Å². The molecule has 0 atom stereocenters. The van der Waals surface area contributed by atoms with Crippen molar-refractivity contribution in [2.45, 2.75) is 13.3 Å². The Morgan fingerprint density at radius 1 is 1.50 bits per heavy atom. The Morgan fingerprint density at radius 2 is 2.17 bits per heavy atom. The highest BCUT2D eigenvalue weighted by molar-refractivity contribution is 6.15. The Morgan fingerprint density at radius 3 is 2.58 bits per heavy atom. The quantitative estimate of drug-likeness (QED) is 0.586. The molecular formula is C8H12N2O2. The van der Waals surface area contributed by atoms with E-state index in [1.807, 2.05) is 0 Å². The lowest BCUT2D eigenvalue weighted by Crippen LogP contribution is -2.32. The van der Waals surface area contributed by atoms with Crippen LogP contribution < -0.4 is 5.73 Å². The van der Waals surface area contributed by atoms with Crippen molar-refractivity contribution in [1.29, 1.82) is 0 Å². The SMILES string of the molecule is CC1=CC(=O)N(CCCN)C1=O. The maximum absolute atomic E-state index is 11.2. The zero-order valence-electron chi connectivity index (χ0n) is 7.04. The van der Waals surface area contributed by atoms with E-state index in [4.69, 9.17) is 5.73 Å². The van der Waals surface area contributed by atoms with Crippen LogP contribution in [0.25, 0.3) is 0 Å². The predicted octanol–water partition coefficient (Wildman–Crippen LogP) is -0.350. The number of imide groups is 1. The standard InChI is InChI=1S/C8H12N2O2/c1-6-5-7(11)10(8(6)12)4-2-3-9/h5H,2-4,9H2,1H3. The highest BCUT2D eigenvalue weighted by atomic mass is 16.2. The number of hydrogen-bond donors (Lipinski definition) is 1. The highest BCUT2D eigenvalue weighted by Crippen LogP contribution is 2.11. The van der Waals surface area contributed by atoms with Gasteiger partial charge in [0.1, 0.15) is 0 Å². The van der Waals surface area contributed by atoms with Crippen molar-refractivity contribution in [1.82, 2.24) is 4.90 Å². The molecule has 0 aliphatic carbocycles. The van der Waals surface area contributed by atoms with Gasteiger partial charge in [0.15, 0.2) is 0 Å². The molecule has 0 aromatic rings. The van der Waals surface area contributed by atoms with E-state index in [0.29, 0.717) is 25.1 Å². The lowest BCUT2D eigenvalue weighted by molar-refractivity contribution is -0.137. The van der Waals surface area contributed by atoms with Crippen LogP contribution in [-0.2, 0) is 9.59 Å². The molecule has 0 saturated heterocycles. The van der Waals surface area contributed by atoms with Crippen molar-refractivity contribution in [3.05, 3.63) is 11.6 Å². The Kier molecular flexibility index (Phi) is 2.60. The molecule has 12 heavy (non-hydrogen) atoms. The summed E-state index contributed by atoms with van der Waals surface area (Å²) < 4.78 is 0. The van der Waals surface area contributed by atoms with Crippen LogP contribution in [0, 0.1) is 0 Å². The van der Waals surface area contributed by atoms with Gasteiger partial charge in [-0.1, -0.05) is 0 Å². The van der Waals surface area contributed by atoms with Gasteiger partial charge in [0, 0.05) is 18.2 Å². The summed E-state index contributed by atoms with van der Waals surface area (Å²) in [6.45, 7) is 2.57. The van der Waals surface area contributed by atoms with Crippen LogP contribution in [0.1, 0.15) is 13.3 Å². The molecule has 0 radical (unpaired) electrons. The second-order valence-electron chi connectivity index (χ2n) is 2.76. The van der Waals surface area contributed by atoms with Crippen molar-refractivity contribution in [3.8, 4) is 0 Å². The van der Waals surface area contributed by atoms with Gasteiger partial charge in [-0.3, -0.25) is 14.5 Å². The van der Waals surface area contributed by atoms with Crippen molar-refractivity contribution in [2.75, 3.05) is 13.1 Å². The normalized spacial score (nSPS) is 17.2. The number of rotatable bonds is 3. The van der Waals surface area contributed by atoms with Crippen molar-refractivity contribution in [3.63, 3.8) is 0 Å². The zero-order chi connectivity index (χ0) is 9.14. The fourth-order valence-corrected chi connectivity index (χ4v) is 1.10. The van der Waals surface area contributed by atoms with Crippen LogP contribution in [0.3, 0.4) is 0 Å². The Hall–Kier alpha value is -1.16. The summed E-state index contributed by atoms with van der Waals surface area (Å²) in [7, 11) is 0. The molecule has 2 N–H and O–H groups in total. The second-order valence-corrected chi connectivity index (χ2v) is 2.76. The molecule has 0 spiro atoms. The summed E-state index contributed by atoms with van der Waals surface area (Å²) in [4.78, 5) is 23.5. The molecule has 1 aliphatic rings. The largest absolute Gasteiger partial charge is 0.330 e. The van der Waals surface area contributed by atoms with Gasteiger partial charge >= 0.3 is 0 Å². The molecule has 0 aromatic carbocycles. The number of nitrogens with zero attached hydrogens (tertiary/aromatic N) is 1. The summed E-state index contributed by atoms with van der Waals surface area (Å²) in [6, 6.07) is 0. The molecule has 66 valence electrons. The summed E-state index contributed by atoms with van der Waals surface area (Å²) in [5, 5.41) is 0. The minimum absolute atomic E-state index is 0.187. The smallest absolute Gasteiger partial charge is 0.256 e. The molecule has 0 unspecified atom stereocenters. The first kappa shape index (κ1) is 8.93. The van der Waals surface area contributed by atoms with Crippen LogP contribution in [0.5, 0.6) is 0 Å². The molecular weight excluding hydrogens is 156 g/mol. The van der Waals surface area contributed by atoms with E-state index in [-0.39, 0.29) is 11.8 Å². The highest BCUT2D eigenvalue weighted by Gasteiger charge is 2.27. The number of carbonyl (C=O) groups is 2. The van der Waals surface area contributed by atoms with Gasteiger partial charge < -0.3 is 5.73 Å². The summed E-state index contributed by atoms with van der Waals surface area (Å²) >= 11 is 0. The van der Waals surface area contributed by atoms with E-state index in [0.717, 1.165) is 0 Å². The number of hydrogen-bond acceptors (Lipinski definition) is 3. The van der Waals surface area contributed by atoms with Crippen LogP contribution in [0.15, 0.2) is 11.6 Å². The molecule has 2 amide bonds. The first-order valence-corrected chi connectivity index (χ1v) is 3.91. The van der Waals surface area contributed by atoms with E-state index in [1.54, 1.807) is 6.92 Å². The molecule has 1 aliphatic heterocycles. The third-order valence-electron chi connectivity index (χ3n) is 1.77. The zero-order valence-corrected chi connectivity index (χ0v) is 7.04. The van der Waals surface area contributed by atoms with Gasteiger partial charge in [0.25, 0.3) is 11.8 Å². The Labute approximate surface area is 71.0 Å². The van der Waals surface area contributed by atoms with Gasteiger partial charge in [0.05, 0.1) is 0 Å². The maximum Gasteiger partial charge on any atom is 0.256 e. The molecule has 4 heteroatoms. The number of nitrogens with two attached hydrogens (primary N) is 1. The van der Waals surface area contributed by atoms with E-state index in [1.165, 1.54) is 11.0 Å².